The molecule has 17 atom stereocenters. The van der Waals surface area contributed by atoms with Crippen LogP contribution in [0.5, 0.6) is 0 Å². The van der Waals surface area contributed by atoms with E-state index in [1.54, 1.807) is 11.1 Å². The third-order valence-electron chi connectivity index (χ3n) is 17.1. The number of fused-ring (bicyclic) bond motifs is 7. The van der Waals surface area contributed by atoms with Gasteiger partial charge in [-0.1, -0.05) is 129 Å². The molecule has 0 heterocycles. The zero-order valence-corrected chi connectivity index (χ0v) is 30.5. The molecular formula is C50H56O. The highest BCUT2D eigenvalue weighted by molar-refractivity contribution is 5.95. The Kier molecular flexibility index (Phi) is 7.49. The Labute approximate surface area is 306 Å². The Morgan fingerprint density at radius 2 is 0.922 bits per heavy atom. The average molecular weight is 673 g/mol. The van der Waals surface area contributed by atoms with Gasteiger partial charge < -0.3 is 0 Å². The van der Waals surface area contributed by atoms with E-state index in [1.165, 1.54) is 68.9 Å². The lowest BCUT2D eigenvalue weighted by atomic mass is 9.49. The summed E-state index contributed by atoms with van der Waals surface area (Å²) in [6.45, 7) is 2.46. The van der Waals surface area contributed by atoms with Crippen molar-refractivity contribution in [2.45, 2.75) is 82.5 Å². The first-order valence-electron chi connectivity index (χ1n) is 21.3. The highest BCUT2D eigenvalue weighted by Gasteiger charge is 2.72. The first-order valence-corrected chi connectivity index (χ1v) is 21.3. The predicted molar refractivity (Wildman–Crippen MR) is 206 cm³/mol. The summed E-state index contributed by atoms with van der Waals surface area (Å²) in [5.41, 5.74) is 6.01. The van der Waals surface area contributed by atoms with Crippen molar-refractivity contribution in [2.24, 2.45) is 82.9 Å². The van der Waals surface area contributed by atoms with E-state index in [0.717, 1.165) is 53.3 Å². The fraction of sp³-hybridized carbons (Fsp3) is 0.540. The zero-order chi connectivity index (χ0) is 33.8. The molecule has 0 N–H and O–H groups in total. The fourth-order valence-electron chi connectivity index (χ4n) is 16.2. The first-order chi connectivity index (χ1) is 25.2. The minimum atomic E-state index is 0.0578. The van der Waals surface area contributed by atoms with E-state index in [9.17, 15) is 4.79 Å². The summed E-state index contributed by atoms with van der Waals surface area (Å²) in [4.78, 5) is 14.9. The van der Waals surface area contributed by atoms with Crippen LogP contribution in [0.2, 0.25) is 0 Å². The van der Waals surface area contributed by atoms with Crippen LogP contribution in [0.4, 0.5) is 0 Å². The minimum Gasteiger partial charge on any atom is -0.298 e. The Morgan fingerprint density at radius 1 is 0.471 bits per heavy atom. The van der Waals surface area contributed by atoms with Gasteiger partial charge in [0, 0.05) is 11.8 Å². The summed E-state index contributed by atoms with van der Waals surface area (Å²) in [6, 6.07) is 34.2. The summed E-state index contributed by atoms with van der Waals surface area (Å²) in [6.07, 6.45) is 20.3. The second-order valence-corrected chi connectivity index (χ2v) is 18.8. The van der Waals surface area contributed by atoms with E-state index < -0.39 is 0 Å². The third kappa shape index (κ3) is 4.54. The molecule has 51 heavy (non-hydrogen) atoms. The summed E-state index contributed by atoms with van der Waals surface area (Å²) < 4.78 is 0. The van der Waals surface area contributed by atoms with Gasteiger partial charge in [0.15, 0.2) is 0 Å². The van der Waals surface area contributed by atoms with Gasteiger partial charge in [-0.05, 0) is 156 Å². The molecule has 7 fully saturated rings. The number of Topliss-reactive ketones (excluding diaryl/α,β-unsaturated/α-hetero) is 1. The summed E-state index contributed by atoms with van der Waals surface area (Å²) in [5.74, 6) is 11.7. The van der Waals surface area contributed by atoms with Crippen LogP contribution in [-0.2, 0) is 4.79 Å². The van der Waals surface area contributed by atoms with Crippen molar-refractivity contribution < 1.29 is 4.79 Å². The fourth-order valence-corrected chi connectivity index (χ4v) is 16.2. The van der Waals surface area contributed by atoms with Crippen molar-refractivity contribution in [1.29, 1.82) is 0 Å². The van der Waals surface area contributed by atoms with Gasteiger partial charge in [-0.3, -0.25) is 4.79 Å². The molecule has 3 aromatic carbocycles. The molecule has 0 aliphatic heterocycles. The zero-order valence-electron chi connectivity index (χ0n) is 30.5. The molecule has 8 aliphatic carbocycles. The number of hydrogen-bond donors (Lipinski definition) is 0. The van der Waals surface area contributed by atoms with E-state index in [4.69, 9.17) is 0 Å². The van der Waals surface area contributed by atoms with Gasteiger partial charge in [0.1, 0.15) is 5.78 Å². The van der Waals surface area contributed by atoms with Crippen molar-refractivity contribution in [1.82, 2.24) is 0 Å². The Hall–Kier alpha value is -3.19. The first kappa shape index (κ1) is 31.3. The molecule has 1 heteroatoms. The highest BCUT2D eigenvalue weighted by Crippen LogP contribution is 2.77. The number of rotatable bonds is 4. The van der Waals surface area contributed by atoms with E-state index in [2.05, 4.69) is 116 Å². The van der Waals surface area contributed by atoms with Crippen LogP contribution in [0, 0.1) is 82.9 Å². The Balaban J connectivity index is 1.05. The lowest BCUT2D eigenvalue weighted by Crippen LogP contribution is -2.48. The van der Waals surface area contributed by atoms with Crippen molar-refractivity contribution in [3.8, 4) is 0 Å². The number of benzene rings is 3. The largest absolute Gasteiger partial charge is 0.298 e. The Morgan fingerprint density at radius 3 is 1.43 bits per heavy atom. The van der Waals surface area contributed by atoms with Crippen LogP contribution in [0.25, 0.3) is 0 Å². The van der Waals surface area contributed by atoms with Crippen LogP contribution in [0.1, 0.15) is 99.2 Å². The summed E-state index contributed by atoms with van der Waals surface area (Å²) in [7, 11) is 0. The van der Waals surface area contributed by atoms with Gasteiger partial charge in [0.25, 0.3) is 0 Å². The quantitative estimate of drug-likeness (QED) is 0.270. The van der Waals surface area contributed by atoms with Gasteiger partial charge in [-0.2, -0.15) is 0 Å². The van der Waals surface area contributed by atoms with Crippen LogP contribution >= 0.6 is 0 Å². The smallest absolute Gasteiger partial charge is 0.148 e. The number of hydrogen-bond acceptors (Lipinski definition) is 1. The number of ketones is 1. The maximum absolute atomic E-state index is 14.9. The van der Waals surface area contributed by atoms with Crippen LogP contribution in [0.3, 0.4) is 0 Å². The SMILES string of the molecule is CC1C=C(C2C3CCCCC3C(c3ccccc3)C3C4CCC5C6C(c7ccccc7)C(=O)C(c7ccccc7)C6C6CCC(C4C65)C23)C=CC1. The molecule has 17 unspecified atom stereocenters. The molecule has 0 amide bonds. The van der Waals surface area contributed by atoms with Crippen LogP contribution in [0.15, 0.2) is 115 Å². The topological polar surface area (TPSA) is 17.1 Å². The van der Waals surface area contributed by atoms with Gasteiger partial charge >= 0.3 is 0 Å². The normalized spacial score (nSPS) is 46.1. The molecule has 11 rings (SSSR count). The van der Waals surface area contributed by atoms with Gasteiger partial charge in [-0.25, -0.2) is 0 Å². The van der Waals surface area contributed by atoms with Gasteiger partial charge in [0.05, 0.1) is 0 Å². The standard InChI is InChI=1S/C50H56O/c1-29-14-13-21-33(28-29)41-35-23-12-11-22-34(35)40(30-15-5-2-6-16-30)46-36-24-26-38-45-39(27-25-37(44(36)45)47(41)46)49-43(32-19-9-4-10-20-32)50(51)42(48(38)49)31-17-7-3-8-18-31/h2-10,13,15-21,28-29,34-49H,11-12,14,22-27H2,1H3. The lowest BCUT2D eigenvalue weighted by Gasteiger charge is -2.55. The van der Waals surface area contributed by atoms with Crippen molar-refractivity contribution in [2.75, 3.05) is 0 Å². The van der Waals surface area contributed by atoms with Crippen LogP contribution in [-0.4, -0.2) is 5.78 Å². The number of allylic oxidation sites excluding steroid dienone is 4. The number of carbonyl (C=O) groups is 1. The monoisotopic (exact) mass is 672 g/mol. The molecule has 7 saturated carbocycles. The van der Waals surface area contributed by atoms with Gasteiger partial charge in [-0.15, -0.1) is 0 Å². The predicted octanol–water partition coefficient (Wildman–Crippen LogP) is 11.7. The molecule has 0 bridgehead atoms. The minimum absolute atomic E-state index is 0.0578. The molecule has 8 aliphatic rings. The number of carbonyl (C=O) groups excluding carboxylic acids is 1. The molecule has 0 radical (unpaired) electrons. The van der Waals surface area contributed by atoms with E-state index in [0.29, 0.717) is 41.3 Å². The Bertz CT molecular complexity index is 1760. The molecule has 1 nitrogen and oxygen atoms in total. The lowest BCUT2D eigenvalue weighted by molar-refractivity contribution is -0.121. The van der Waals surface area contributed by atoms with Crippen LogP contribution < -0.4 is 0 Å². The maximum atomic E-state index is 14.9. The third-order valence-corrected chi connectivity index (χ3v) is 17.1. The molecule has 262 valence electrons. The van der Waals surface area contributed by atoms with Crippen molar-refractivity contribution in [3.63, 3.8) is 0 Å². The van der Waals surface area contributed by atoms with Crippen molar-refractivity contribution in [3.05, 3.63) is 131 Å². The molecule has 0 saturated heterocycles. The average Bonchev–Trinajstić information content (AvgIpc) is 3.79. The molecule has 0 spiro atoms. The van der Waals surface area contributed by atoms with Crippen molar-refractivity contribution >= 4 is 5.78 Å². The molecule has 0 aromatic heterocycles. The molecular weight excluding hydrogens is 617 g/mol. The van der Waals surface area contributed by atoms with Gasteiger partial charge in [0.2, 0.25) is 0 Å². The summed E-state index contributed by atoms with van der Waals surface area (Å²) in [5, 5.41) is 0. The molecule has 3 aromatic rings. The maximum Gasteiger partial charge on any atom is 0.148 e. The second-order valence-electron chi connectivity index (χ2n) is 18.8. The second kappa shape index (κ2) is 12.2. The van der Waals surface area contributed by atoms with E-state index >= 15 is 0 Å². The summed E-state index contributed by atoms with van der Waals surface area (Å²) >= 11 is 0. The van der Waals surface area contributed by atoms with E-state index in [-0.39, 0.29) is 11.8 Å². The van der Waals surface area contributed by atoms with E-state index in [1.807, 2.05) is 0 Å². The highest BCUT2D eigenvalue weighted by atomic mass is 16.1.